The Labute approximate surface area is 93.8 Å². The lowest BCUT2D eigenvalue weighted by Crippen LogP contribution is -2.23. The van der Waals surface area contributed by atoms with Gasteiger partial charge in [0.15, 0.2) is 0 Å². The quantitative estimate of drug-likeness (QED) is 0.826. The zero-order valence-electron chi connectivity index (χ0n) is 8.74. The first-order valence-electron chi connectivity index (χ1n) is 5.37. The summed E-state index contributed by atoms with van der Waals surface area (Å²) in [5.41, 5.74) is 3.38. The summed E-state index contributed by atoms with van der Waals surface area (Å²) in [5, 5.41) is 10.2. The lowest BCUT2D eigenvalue weighted by Gasteiger charge is -2.33. The molecule has 2 aromatic rings. The first kappa shape index (κ1) is 9.48. The summed E-state index contributed by atoms with van der Waals surface area (Å²) >= 11 is 0. The van der Waals surface area contributed by atoms with Crippen LogP contribution in [0.5, 0.6) is 0 Å². The van der Waals surface area contributed by atoms with Crippen molar-refractivity contribution in [2.45, 2.75) is 18.4 Å². The van der Waals surface area contributed by atoms with E-state index in [4.69, 9.17) is 0 Å². The highest BCUT2D eigenvalue weighted by Gasteiger charge is 2.32. The van der Waals surface area contributed by atoms with E-state index >= 15 is 0 Å². The number of nitrogens with zero attached hydrogens (tertiary/aromatic N) is 2. The molecule has 3 nitrogen and oxygen atoms in total. The smallest absolute Gasteiger partial charge is 0.115 e. The largest absolute Gasteiger partial charge is 0.388 e. The minimum atomic E-state index is -0.490. The van der Waals surface area contributed by atoms with Gasteiger partial charge in [0.05, 0.1) is 6.10 Å². The zero-order chi connectivity index (χ0) is 11.0. The SMILES string of the molecule is OC(c1cncnc1)C1Cc2ccccc21. The summed E-state index contributed by atoms with van der Waals surface area (Å²) in [5.74, 6) is 0.196. The van der Waals surface area contributed by atoms with E-state index in [2.05, 4.69) is 22.1 Å². The van der Waals surface area contributed by atoms with E-state index in [0.717, 1.165) is 12.0 Å². The molecular weight excluding hydrogens is 200 g/mol. The molecule has 1 heterocycles. The maximum Gasteiger partial charge on any atom is 0.115 e. The second-order valence-electron chi connectivity index (χ2n) is 4.13. The van der Waals surface area contributed by atoms with Gasteiger partial charge in [0.1, 0.15) is 6.33 Å². The van der Waals surface area contributed by atoms with Crippen molar-refractivity contribution in [3.63, 3.8) is 0 Å². The number of fused-ring (bicyclic) bond motifs is 1. The molecule has 0 saturated heterocycles. The fourth-order valence-electron chi connectivity index (χ4n) is 2.27. The third-order valence-corrected chi connectivity index (χ3v) is 3.20. The zero-order valence-corrected chi connectivity index (χ0v) is 8.74. The Kier molecular flexibility index (Phi) is 2.18. The van der Waals surface area contributed by atoms with Crippen LogP contribution in [0.4, 0.5) is 0 Å². The van der Waals surface area contributed by atoms with Crippen molar-refractivity contribution in [3.8, 4) is 0 Å². The van der Waals surface area contributed by atoms with Crippen LogP contribution in [0.3, 0.4) is 0 Å². The van der Waals surface area contributed by atoms with Crippen molar-refractivity contribution in [2.24, 2.45) is 0 Å². The van der Waals surface area contributed by atoms with Crippen LogP contribution in [0, 0.1) is 0 Å². The fraction of sp³-hybridized carbons (Fsp3) is 0.231. The van der Waals surface area contributed by atoms with Gasteiger partial charge in [0.25, 0.3) is 0 Å². The Bertz CT molecular complexity index is 498. The van der Waals surface area contributed by atoms with Crippen LogP contribution in [0.1, 0.15) is 28.7 Å². The summed E-state index contributed by atoms with van der Waals surface area (Å²) in [6, 6.07) is 8.24. The minimum absolute atomic E-state index is 0.196. The van der Waals surface area contributed by atoms with Gasteiger partial charge in [-0.2, -0.15) is 0 Å². The van der Waals surface area contributed by atoms with Crippen molar-refractivity contribution in [3.05, 3.63) is 59.7 Å². The maximum atomic E-state index is 10.2. The molecule has 16 heavy (non-hydrogen) atoms. The molecule has 0 fully saturated rings. The Balaban J connectivity index is 1.87. The van der Waals surface area contributed by atoms with Crippen LogP contribution in [0.25, 0.3) is 0 Å². The molecule has 0 saturated carbocycles. The summed E-state index contributed by atoms with van der Waals surface area (Å²) in [7, 11) is 0. The topological polar surface area (TPSA) is 46.0 Å². The van der Waals surface area contributed by atoms with Gasteiger partial charge in [0, 0.05) is 23.9 Å². The van der Waals surface area contributed by atoms with Crippen LogP contribution in [0.15, 0.2) is 43.0 Å². The number of aliphatic hydroxyl groups excluding tert-OH is 1. The Morgan fingerprint density at radius 1 is 1.19 bits per heavy atom. The number of hydrogen-bond donors (Lipinski definition) is 1. The second-order valence-corrected chi connectivity index (χ2v) is 4.13. The lowest BCUT2D eigenvalue weighted by atomic mass is 9.73. The average molecular weight is 212 g/mol. The van der Waals surface area contributed by atoms with Crippen molar-refractivity contribution < 1.29 is 5.11 Å². The van der Waals surface area contributed by atoms with Crippen molar-refractivity contribution in [1.82, 2.24) is 9.97 Å². The van der Waals surface area contributed by atoms with E-state index in [-0.39, 0.29) is 5.92 Å². The fourth-order valence-corrected chi connectivity index (χ4v) is 2.27. The molecule has 3 rings (SSSR count). The minimum Gasteiger partial charge on any atom is -0.388 e. The predicted octanol–water partition coefficient (Wildman–Crippen LogP) is 1.85. The molecule has 1 aliphatic rings. The molecule has 1 aliphatic carbocycles. The molecule has 1 aromatic carbocycles. The highest BCUT2D eigenvalue weighted by atomic mass is 16.3. The first-order chi connectivity index (χ1) is 7.86. The van der Waals surface area contributed by atoms with Crippen LogP contribution < -0.4 is 0 Å². The molecule has 80 valence electrons. The molecule has 0 spiro atoms. The van der Waals surface area contributed by atoms with Gasteiger partial charge in [-0.1, -0.05) is 24.3 Å². The number of hydrogen-bond acceptors (Lipinski definition) is 3. The van der Waals surface area contributed by atoms with Crippen LogP contribution in [-0.2, 0) is 6.42 Å². The summed E-state index contributed by atoms with van der Waals surface area (Å²) in [6.07, 6.45) is 5.28. The third kappa shape index (κ3) is 1.41. The molecule has 0 bridgehead atoms. The Hall–Kier alpha value is -1.74. The van der Waals surface area contributed by atoms with E-state index in [0.29, 0.717) is 0 Å². The van der Waals surface area contributed by atoms with E-state index in [1.807, 2.05) is 12.1 Å². The highest BCUT2D eigenvalue weighted by molar-refractivity contribution is 5.42. The number of rotatable bonds is 2. The van der Waals surface area contributed by atoms with E-state index < -0.39 is 6.10 Å². The molecule has 2 atom stereocenters. The van der Waals surface area contributed by atoms with Crippen molar-refractivity contribution >= 4 is 0 Å². The molecular formula is C13H12N2O. The van der Waals surface area contributed by atoms with E-state index in [1.54, 1.807) is 12.4 Å². The van der Waals surface area contributed by atoms with Gasteiger partial charge in [0.2, 0.25) is 0 Å². The normalized spacial score (nSPS) is 19.7. The molecule has 2 unspecified atom stereocenters. The third-order valence-electron chi connectivity index (χ3n) is 3.20. The monoisotopic (exact) mass is 212 g/mol. The van der Waals surface area contributed by atoms with Crippen LogP contribution >= 0.6 is 0 Å². The molecule has 1 aromatic heterocycles. The predicted molar refractivity (Wildman–Crippen MR) is 59.9 cm³/mol. The standard InChI is InChI=1S/C13H12N2O/c16-13(10-6-14-8-15-7-10)12-5-9-3-1-2-4-11(9)12/h1-4,6-8,12-13,16H,5H2. The number of benzene rings is 1. The average Bonchev–Trinajstić information content (AvgIpc) is 2.32. The molecule has 3 heteroatoms. The van der Waals surface area contributed by atoms with Crippen LogP contribution in [-0.4, -0.2) is 15.1 Å². The van der Waals surface area contributed by atoms with Gasteiger partial charge in [-0.05, 0) is 17.5 Å². The van der Waals surface area contributed by atoms with Crippen molar-refractivity contribution in [1.29, 1.82) is 0 Å². The molecule has 0 radical (unpaired) electrons. The molecule has 0 amide bonds. The maximum absolute atomic E-state index is 10.2. The van der Waals surface area contributed by atoms with E-state index in [9.17, 15) is 5.11 Å². The Morgan fingerprint density at radius 2 is 1.94 bits per heavy atom. The highest BCUT2D eigenvalue weighted by Crippen LogP contribution is 2.42. The molecule has 0 aliphatic heterocycles. The Morgan fingerprint density at radius 3 is 2.69 bits per heavy atom. The molecule has 1 N–H and O–H groups in total. The summed E-state index contributed by atoms with van der Waals surface area (Å²) in [6.45, 7) is 0. The summed E-state index contributed by atoms with van der Waals surface area (Å²) in [4.78, 5) is 7.86. The van der Waals surface area contributed by atoms with Gasteiger partial charge >= 0.3 is 0 Å². The number of aromatic nitrogens is 2. The van der Waals surface area contributed by atoms with Gasteiger partial charge < -0.3 is 5.11 Å². The van der Waals surface area contributed by atoms with Gasteiger partial charge in [-0.3, -0.25) is 0 Å². The van der Waals surface area contributed by atoms with Crippen LogP contribution in [0.2, 0.25) is 0 Å². The van der Waals surface area contributed by atoms with E-state index in [1.165, 1.54) is 17.5 Å². The number of aliphatic hydroxyl groups is 1. The second kappa shape index (κ2) is 3.68. The first-order valence-corrected chi connectivity index (χ1v) is 5.37. The van der Waals surface area contributed by atoms with Gasteiger partial charge in [-0.15, -0.1) is 0 Å². The lowest BCUT2D eigenvalue weighted by molar-refractivity contribution is 0.134. The summed E-state index contributed by atoms with van der Waals surface area (Å²) < 4.78 is 0. The van der Waals surface area contributed by atoms with Crippen molar-refractivity contribution in [2.75, 3.05) is 0 Å². The van der Waals surface area contributed by atoms with Gasteiger partial charge in [-0.25, -0.2) is 9.97 Å².